The van der Waals surface area contributed by atoms with Gasteiger partial charge >= 0.3 is 0 Å². The molecule has 37 heavy (non-hydrogen) atoms. The Morgan fingerprint density at radius 1 is 0.919 bits per heavy atom. The normalized spacial score (nSPS) is 16.5. The van der Waals surface area contributed by atoms with Gasteiger partial charge in [-0.15, -0.1) is 0 Å². The lowest BCUT2D eigenvalue weighted by molar-refractivity contribution is 0.122. The molecule has 0 amide bonds. The van der Waals surface area contributed by atoms with Gasteiger partial charge in [0.2, 0.25) is 5.95 Å². The zero-order valence-corrected chi connectivity index (χ0v) is 22.1. The Hall–Kier alpha value is -3.63. The van der Waals surface area contributed by atoms with Crippen molar-refractivity contribution >= 4 is 34.8 Å². The van der Waals surface area contributed by atoms with E-state index in [1.807, 2.05) is 30.1 Å². The summed E-state index contributed by atoms with van der Waals surface area (Å²) in [7, 11) is 5.84. The zero-order chi connectivity index (χ0) is 25.8. The Bertz CT molecular complexity index is 1210. The molecule has 0 bridgehead atoms. The van der Waals surface area contributed by atoms with Crippen LogP contribution in [-0.4, -0.2) is 93.5 Å². The van der Waals surface area contributed by atoms with Crippen LogP contribution >= 0.6 is 0 Å². The summed E-state index contributed by atoms with van der Waals surface area (Å²) >= 11 is 0. The predicted molar refractivity (Wildman–Crippen MR) is 148 cm³/mol. The number of methoxy groups -OCH3 is 1. The van der Waals surface area contributed by atoms with E-state index in [2.05, 4.69) is 57.2 Å². The average Bonchev–Trinajstić information content (AvgIpc) is 2.94. The van der Waals surface area contributed by atoms with Crippen LogP contribution < -0.4 is 24.8 Å². The highest BCUT2D eigenvalue weighted by molar-refractivity contribution is 5.68. The largest absolute Gasteiger partial charge is 0.497 e. The molecule has 2 aliphatic rings. The maximum Gasteiger partial charge on any atom is 0.229 e. The van der Waals surface area contributed by atoms with E-state index in [-0.39, 0.29) is 0 Å². The van der Waals surface area contributed by atoms with E-state index in [0.29, 0.717) is 19.2 Å². The monoisotopic (exact) mass is 504 g/mol. The molecule has 0 radical (unpaired) electrons. The number of aromatic nitrogens is 3. The number of morpholine rings is 1. The van der Waals surface area contributed by atoms with Gasteiger partial charge in [0, 0.05) is 82.1 Å². The molecule has 0 aliphatic carbocycles. The van der Waals surface area contributed by atoms with E-state index in [9.17, 15) is 0 Å². The molecule has 4 heterocycles. The summed E-state index contributed by atoms with van der Waals surface area (Å²) in [5, 5.41) is 3.45. The first-order chi connectivity index (χ1) is 18.0. The highest BCUT2D eigenvalue weighted by atomic mass is 16.5. The topological polar surface area (TPSA) is 82.1 Å². The number of hydrogen-bond donors (Lipinski definition) is 1. The lowest BCUT2D eigenvalue weighted by Gasteiger charge is -2.34. The predicted octanol–water partition coefficient (Wildman–Crippen LogP) is 3.29. The Morgan fingerprint density at radius 3 is 2.32 bits per heavy atom. The maximum absolute atomic E-state index is 5.57. The second-order valence-electron chi connectivity index (χ2n) is 9.54. The van der Waals surface area contributed by atoms with Crippen molar-refractivity contribution in [3.05, 3.63) is 48.2 Å². The molecule has 2 fully saturated rings. The summed E-state index contributed by atoms with van der Waals surface area (Å²) in [4.78, 5) is 23.4. The van der Waals surface area contributed by atoms with Crippen molar-refractivity contribution in [2.45, 2.75) is 6.92 Å². The standard InChI is InChI=1S/C27H36N8O2/c1-20-5-6-22(36-4)19-23(20)33(3)24-7-8-28-27(31-24)29-21-17-25(34-11-9-32(2)10-12-34)30-26(18-21)35-13-15-37-16-14-35/h5-8,17-19H,9-16H2,1-4H3,(H,28,29,30,31). The van der Waals surface area contributed by atoms with Crippen molar-refractivity contribution in [2.75, 3.05) is 93.7 Å². The molecule has 5 rings (SSSR count). The SMILES string of the molecule is COc1ccc(C)c(N(C)c2ccnc(Nc3cc(N4CCOCC4)nc(N4CCN(C)CC4)c3)n2)c1. The van der Waals surface area contributed by atoms with Gasteiger partial charge in [0.15, 0.2) is 0 Å². The molecule has 3 aromatic rings. The van der Waals surface area contributed by atoms with E-state index in [4.69, 9.17) is 19.4 Å². The van der Waals surface area contributed by atoms with E-state index in [0.717, 1.165) is 79.4 Å². The summed E-state index contributed by atoms with van der Waals surface area (Å²) in [6.07, 6.45) is 1.78. The number of pyridine rings is 1. The van der Waals surface area contributed by atoms with Crippen LogP contribution in [0, 0.1) is 6.92 Å². The third-order valence-electron chi connectivity index (χ3n) is 6.98. The molecule has 0 spiro atoms. The highest BCUT2D eigenvalue weighted by Gasteiger charge is 2.20. The third kappa shape index (κ3) is 5.86. The first-order valence-corrected chi connectivity index (χ1v) is 12.8. The van der Waals surface area contributed by atoms with E-state index in [1.165, 1.54) is 0 Å². The van der Waals surface area contributed by atoms with Gasteiger partial charge in [-0.25, -0.2) is 9.97 Å². The Balaban J connectivity index is 1.42. The Labute approximate surface area is 218 Å². The molecule has 2 saturated heterocycles. The van der Waals surface area contributed by atoms with E-state index < -0.39 is 0 Å². The fourth-order valence-corrected chi connectivity index (χ4v) is 4.65. The molecule has 0 unspecified atom stereocenters. The molecule has 1 aromatic carbocycles. The van der Waals surface area contributed by atoms with Gasteiger partial charge < -0.3 is 34.4 Å². The molecule has 196 valence electrons. The van der Waals surface area contributed by atoms with Gasteiger partial charge in [-0.2, -0.15) is 4.98 Å². The molecule has 0 atom stereocenters. The van der Waals surface area contributed by atoms with Crippen LogP contribution in [0.1, 0.15) is 5.56 Å². The van der Waals surface area contributed by atoms with Gasteiger partial charge in [-0.1, -0.05) is 6.07 Å². The van der Waals surface area contributed by atoms with Crippen molar-refractivity contribution in [2.24, 2.45) is 0 Å². The van der Waals surface area contributed by atoms with Crippen molar-refractivity contribution < 1.29 is 9.47 Å². The van der Waals surface area contributed by atoms with Crippen LogP contribution in [0.4, 0.5) is 34.8 Å². The summed E-state index contributed by atoms with van der Waals surface area (Å²) in [6, 6.07) is 12.1. The number of rotatable bonds is 7. The number of benzene rings is 1. The number of likely N-dealkylation sites (N-methyl/N-ethyl adjacent to an activating group) is 1. The van der Waals surface area contributed by atoms with Crippen LogP contribution in [0.25, 0.3) is 0 Å². The zero-order valence-electron chi connectivity index (χ0n) is 22.1. The first-order valence-electron chi connectivity index (χ1n) is 12.8. The third-order valence-corrected chi connectivity index (χ3v) is 6.98. The maximum atomic E-state index is 5.57. The van der Waals surface area contributed by atoms with Crippen LogP contribution in [-0.2, 0) is 4.74 Å². The van der Waals surface area contributed by atoms with Gasteiger partial charge in [-0.05, 0) is 31.7 Å². The molecule has 10 heteroatoms. The van der Waals surface area contributed by atoms with Crippen LogP contribution in [0.2, 0.25) is 0 Å². The lowest BCUT2D eigenvalue weighted by atomic mass is 10.1. The molecule has 1 N–H and O–H groups in total. The van der Waals surface area contributed by atoms with Crippen LogP contribution in [0.15, 0.2) is 42.6 Å². The molecule has 2 aliphatic heterocycles. The molecule has 10 nitrogen and oxygen atoms in total. The Kier molecular flexibility index (Phi) is 7.57. The van der Waals surface area contributed by atoms with Crippen LogP contribution in [0.3, 0.4) is 0 Å². The van der Waals surface area contributed by atoms with Gasteiger partial charge in [0.05, 0.1) is 20.3 Å². The molecular formula is C27H36N8O2. The van der Waals surface area contributed by atoms with Crippen molar-refractivity contribution in [1.82, 2.24) is 19.9 Å². The lowest BCUT2D eigenvalue weighted by Crippen LogP contribution is -2.45. The average molecular weight is 505 g/mol. The van der Waals surface area contributed by atoms with Crippen molar-refractivity contribution in [3.8, 4) is 5.75 Å². The fraction of sp³-hybridized carbons (Fsp3) is 0.444. The minimum Gasteiger partial charge on any atom is -0.497 e. The number of nitrogens with one attached hydrogen (secondary N) is 1. The summed E-state index contributed by atoms with van der Waals surface area (Å²) in [5.74, 6) is 4.05. The molecule has 2 aromatic heterocycles. The summed E-state index contributed by atoms with van der Waals surface area (Å²) in [6.45, 7) is 9.11. The first kappa shape index (κ1) is 25.0. The minimum absolute atomic E-state index is 0.536. The number of ether oxygens (including phenoxy) is 2. The van der Waals surface area contributed by atoms with Crippen molar-refractivity contribution in [3.63, 3.8) is 0 Å². The quantitative estimate of drug-likeness (QED) is 0.518. The van der Waals surface area contributed by atoms with Gasteiger partial charge in [0.25, 0.3) is 0 Å². The summed E-state index contributed by atoms with van der Waals surface area (Å²) in [5.41, 5.74) is 3.08. The van der Waals surface area contributed by atoms with E-state index >= 15 is 0 Å². The number of piperazine rings is 1. The summed E-state index contributed by atoms with van der Waals surface area (Å²) < 4.78 is 11.0. The second-order valence-corrected chi connectivity index (χ2v) is 9.54. The van der Waals surface area contributed by atoms with E-state index in [1.54, 1.807) is 13.3 Å². The highest BCUT2D eigenvalue weighted by Crippen LogP contribution is 2.31. The Morgan fingerprint density at radius 2 is 1.62 bits per heavy atom. The number of aryl methyl sites for hydroxylation is 1. The van der Waals surface area contributed by atoms with Crippen LogP contribution in [0.5, 0.6) is 5.75 Å². The van der Waals surface area contributed by atoms with Gasteiger partial charge in [-0.3, -0.25) is 0 Å². The molecular weight excluding hydrogens is 468 g/mol. The fourth-order valence-electron chi connectivity index (χ4n) is 4.65. The van der Waals surface area contributed by atoms with Gasteiger partial charge in [0.1, 0.15) is 23.2 Å². The molecule has 0 saturated carbocycles. The van der Waals surface area contributed by atoms with Crippen molar-refractivity contribution in [1.29, 1.82) is 0 Å². The number of hydrogen-bond acceptors (Lipinski definition) is 10. The second kappa shape index (κ2) is 11.2. The number of anilines is 6. The minimum atomic E-state index is 0.536. The number of nitrogens with zero attached hydrogens (tertiary/aromatic N) is 7. The smallest absolute Gasteiger partial charge is 0.229 e.